The molecule has 0 saturated carbocycles. The van der Waals surface area contributed by atoms with Crippen LogP contribution in [-0.4, -0.2) is 14.9 Å². The highest BCUT2D eigenvalue weighted by molar-refractivity contribution is 5.38. The second-order valence-electron chi connectivity index (χ2n) is 5.21. The van der Waals surface area contributed by atoms with E-state index in [0.717, 1.165) is 16.8 Å². The van der Waals surface area contributed by atoms with Gasteiger partial charge in [0, 0.05) is 6.20 Å². The summed E-state index contributed by atoms with van der Waals surface area (Å²) in [6.07, 6.45) is 1.17. The van der Waals surface area contributed by atoms with Gasteiger partial charge in [-0.1, -0.05) is 36.4 Å². The smallest absolute Gasteiger partial charge is 0.123 e. The molecule has 0 fully saturated rings. The Morgan fingerprint density at radius 1 is 0.952 bits per heavy atom. The Morgan fingerprint density at radius 2 is 1.71 bits per heavy atom. The lowest BCUT2D eigenvalue weighted by atomic mass is 9.98. The minimum absolute atomic E-state index is 0.660. The molecule has 0 spiro atoms. The number of aromatic nitrogens is 2. The van der Waals surface area contributed by atoms with E-state index >= 15 is 0 Å². The summed E-state index contributed by atoms with van der Waals surface area (Å²) < 4.78 is 1.78. The van der Waals surface area contributed by atoms with E-state index in [1.807, 2.05) is 74.6 Å². The van der Waals surface area contributed by atoms with E-state index in [-0.39, 0.29) is 0 Å². The van der Waals surface area contributed by atoms with E-state index in [2.05, 4.69) is 5.10 Å². The number of nitrogens with zero attached hydrogens (tertiary/aromatic N) is 2. The van der Waals surface area contributed by atoms with Crippen LogP contribution < -0.4 is 0 Å². The molecule has 0 bridgehead atoms. The minimum Gasteiger partial charge on any atom is -0.382 e. The molecule has 3 rings (SSSR count). The maximum atomic E-state index is 10.6. The average molecular weight is 278 g/mol. The molecule has 106 valence electrons. The van der Waals surface area contributed by atoms with Gasteiger partial charge in [-0.25, -0.2) is 4.68 Å². The molecule has 3 heteroatoms. The molecule has 0 amide bonds. The highest BCUT2D eigenvalue weighted by Crippen LogP contribution is 2.25. The van der Waals surface area contributed by atoms with Crippen molar-refractivity contribution in [2.24, 2.45) is 0 Å². The fourth-order valence-corrected chi connectivity index (χ4v) is 2.44. The summed E-state index contributed by atoms with van der Waals surface area (Å²) in [4.78, 5) is 0. The largest absolute Gasteiger partial charge is 0.382 e. The quantitative estimate of drug-likeness (QED) is 0.795. The van der Waals surface area contributed by atoms with Crippen LogP contribution in [0.4, 0.5) is 0 Å². The van der Waals surface area contributed by atoms with E-state index in [9.17, 15) is 5.11 Å². The highest BCUT2D eigenvalue weighted by atomic mass is 16.3. The summed E-state index contributed by atoms with van der Waals surface area (Å²) in [7, 11) is 0. The summed E-state index contributed by atoms with van der Waals surface area (Å²) in [5, 5.41) is 15.1. The van der Waals surface area contributed by atoms with Crippen molar-refractivity contribution in [2.45, 2.75) is 20.0 Å². The van der Waals surface area contributed by atoms with Crippen molar-refractivity contribution in [3.63, 3.8) is 0 Å². The molecule has 0 radical (unpaired) electrons. The van der Waals surface area contributed by atoms with E-state index in [0.29, 0.717) is 5.69 Å². The van der Waals surface area contributed by atoms with Crippen LogP contribution in [-0.2, 0) is 0 Å². The van der Waals surface area contributed by atoms with Crippen LogP contribution in [0.1, 0.15) is 28.5 Å². The monoisotopic (exact) mass is 278 g/mol. The highest BCUT2D eigenvalue weighted by Gasteiger charge is 2.16. The van der Waals surface area contributed by atoms with Crippen molar-refractivity contribution in [3.8, 4) is 5.69 Å². The Balaban J connectivity index is 1.95. The Hall–Kier alpha value is -2.39. The summed E-state index contributed by atoms with van der Waals surface area (Å²) in [5.41, 5.74) is 4.84. The predicted molar refractivity (Wildman–Crippen MR) is 83.5 cm³/mol. The van der Waals surface area contributed by atoms with Crippen LogP contribution in [0.5, 0.6) is 0 Å². The van der Waals surface area contributed by atoms with Gasteiger partial charge in [-0.2, -0.15) is 5.10 Å². The first-order valence-electron chi connectivity index (χ1n) is 7.02. The number of hydrogen-bond donors (Lipinski definition) is 1. The van der Waals surface area contributed by atoms with Gasteiger partial charge in [0.05, 0.1) is 11.4 Å². The van der Waals surface area contributed by atoms with Crippen LogP contribution in [0, 0.1) is 13.8 Å². The zero-order valence-corrected chi connectivity index (χ0v) is 12.2. The van der Waals surface area contributed by atoms with Crippen LogP contribution in [0.3, 0.4) is 0 Å². The number of aryl methyl sites for hydroxylation is 1. The molecule has 0 aliphatic rings. The first kappa shape index (κ1) is 13.6. The van der Waals surface area contributed by atoms with Gasteiger partial charge in [-0.3, -0.25) is 0 Å². The lowest BCUT2D eigenvalue weighted by Crippen LogP contribution is -2.05. The lowest BCUT2D eigenvalue weighted by molar-refractivity contribution is 0.214. The molecule has 1 N–H and O–H groups in total. The van der Waals surface area contributed by atoms with E-state index in [1.54, 1.807) is 4.68 Å². The molecule has 3 aromatic rings. The maximum Gasteiger partial charge on any atom is 0.123 e. The van der Waals surface area contributed by atoms with Gasteiger partial charge < -0.3 is 5.11 Å². The molecular formula is C18H18N2O. The number of aliphatic hydroxyl groups is 1. The Morgan fingerprint density at radius 3 is 2.48 bits per heavy atom. The zero-order valence-electron chi connectivity index (χ0n) is 12.2. The molecule has 0 aliphatic carbocycles. The van der Waals surface area contributed by atoms with Crippen molar-refractivity contribution in [3.05, 3.63) is 83.2 Å². The summed E-state index contributed by atoms with van der Waals surface area (Å²) in [5.74, 6) is 0. The average Bonchev–Trinajstić information content (AvgIpc) is 3.00. The van der Waals surface area contributed by atoms with E-state index < -0.39 is 6.10 Å². The Labute approximate surface area is 124 Å². The third-order valence-corrected chi connectivity index (χ3v) is 3.85. The van der Waals surface area contributed by atoms with Crippen LogP contribution in [0.15, 0.2) is 60.8 Å². The summed E-state index contributed by atoms with van der Waals surface area (Å²) in [6.45, 7) is 4.08. The summed E-state index contributed by atoms with van der Waals surface area (Å²) in [6, 6.07) is 17.7. The molecule has 1 heterocycles. The topological polar surface area (TPSA) is 38.0 Å². The van der Waals surface area contributed by atoms with Gasteiger partial charge in [0.1, 0.15) is 6.10 Å². The van der Waals surface area contributed by atoms with Gasteiger partial charge in [0.15, 0.2) is 0 Å². The number of aliphatic hydroxyl groups excluding tert-OH is 1. The van der Waals surface area contributed by atoms with Crippen molar-refractivity contribution in [1.29, 1.82) is 0 Å². The fraction of sp³-hybridized carbons (Fsp3) is 0.167. The molecule has 3 nitrogen and oxygen atoms in total. The minimum atomic E-state index is -0.699. The van der Waals surface area contributed by atoms with Crippen molar-refractivity contribution < 1.29 is 5.11 Å². The van der Waals surface area contributed by atoms with Gasteiger partial charge in [-0.05, 0) is 48.7 Å². The van der Waals surface area contributed by atoms with Gasteiger partial charge >= 0.3 is 0 Å². The second-order valence-corrected chi connectivity index (χ2v) is 5.21. The summed E-state index contributed by atoms with van der Waals surface area (Å²) >= 11 is 0. The number of rotatable bonds is 3. The molecular weight excluding hydrogens is 260 g/mol. The first-order chi connectivity index (χ1) is 10.2. The number of para-hydroxylation sites is 1. The zero-order chi connectivity index (χ0) is 14.8. The van der Waals surface area contributed by atoms with E-state index in [4.69, 9.17) is 0 Å². The molecule has 1 atom stereocenters. The van der Waals surface area contributed by atoms with Crippen LogP contribution in [0.25, 0.3) is 5.69 Å². The second kappa shape index (κ2) is 5.54. The molecule has 1 aromatic heterocycles. The predicted octanol–water partition coefficient (Wildman–Crippen LogP) is 3.57. The van der Waals surface area contributed by atoms with Gasteiger partial charge in [0.25, 0.3) is 0 Å². The van der Waals surface area contributed by atoms with Crippen molar-refractivity contribution in [2.75, 3.05) is 0 Å². The lowest BCUT2D eigenvalue weighted by Gasteiger charge is -2.13. The standard InChI is InChI=1S/C18H18N2O/c1-13-7-6-10-16(14(13)2)18(21)17-11-12-20(19-17)15-8-4-3-5-9-15/h3-12,18,21H,1-2H3. The SMILES string of the molecule is Cc1cccc(C(O)c2ccn(-c3ccccc3)n2)c1C. The fourth-order valence-electron chi connectivity index (χ4n) is 2.44. The number of hydrogen-bond acceptors (Lipinski definition) is 2. The van der Waals surface area contributed by atoms with Crippen molar-refractivity contribution in [1.82, 2.24) is 9.78 Å². The maximum absolute atomic E-state index is 10.6. The number of benzene rings is 2. The van der Waals surface area contributed by atoms with Gasteiger partial charge in [-0.15, -0.1) is 0 Å². The Kier molecular flexibility index (Phi) is 3.59. The normalized spacial score (nSPS) is 12.3. The molecule has 0 aliphatic heterocycles. The first-order valence-corrected chi connectivity index (χ1v) is 7.02. The van der Waals surface area contributed by atoms with Crippen LogP contribution in [0.2, 0.25) is 0 Å². The van der Waals surface area contributed by atoms with Crippen LogP contribution >= 0.6 is 0 Å². The third-order valence-electron chi connectivity index (χ3n) is 3.85. The Bertz CT molecular complexity index is 747. The molecule has 0 saturated heterocycles. The van der Waals surface area contributed by atoms with E-state index in [1.165, 1.54) is 5.56 Å². The molecule has 2 aromatic carbocycles. The molecule has 1 unspecified atom stereocenters. The molecule has 21 heavy (non-hydrogen) atoms. The third kappa shape index (κ3) is 2.60. The van der Waals surface area contributed by atoms with Crippen molar-refractivity contribution >= 4 is 0 Å². The van der Waals surface area contributed by atoms with Gasteiger partial charge in [0.2, 0.25) is 0 Å².